The number of rotatable bonds is 17. The van der Waals surface area contributed by atoms with E-state index in [2.05, 4.69) is 21.3 Å². The first-order valence-corrected chi connectivity index (χ1v) is 25.0. The largest absolute Gasteiger partial charge is 0.489 e. The molecule has 6 N–H and O–H groups in total. The molecule has 75 heavy (non-hydrogen) atoms. The maximum absolute atomic E-state index is 14.3. The third-order valence-electron chi connectivity index (χ3n) is 10.3. The second-order valence-corrected chi connectivity index (χ2v) is 21.7. The maximum Gasteiger partial charge on any atom is 0.417 e. The topological polar surface area (TPSA) is 260 Å². The fourth-order valence-corrected chi connectivity index (χ4v) is 7.13. The number of nitrogens with one attached hydrogen (secondary N) is 6. The minimum Gasteiger partial charge on any atom is -0.489 e. The third kappa shape index (κ3) is 21.4. The van der Waals surface area contributed by atoms with Crippen LogP contribution < -0.4 is 30.7 Å². The first kappa shape index (κ1) is 59.9. The highest BCUT2D eigenvalue weighted by molar-refractivity contribution is 6.00. The molecule has 4 rings (SSSR count). The number of benzene rings is 3. The summed E-state index contributed by atoms with van der Waals surface area (Å²) in [6.45, 7) is 21.0. The summed E-state index contributed by atoms with van der Waals surface area (Å²) in [6.07, 6.45) is 0.302. The molecule has 0 bridgehead atoms. The van der Waals surface area contributed by atoms with E-state index in [1.165, 1.54) is 6.08 Å². The van der Waals surface area contributed by atoms with Crippen molar-refractivity contribution >= 4 is 54.2 Å². The molecule has 3 aromatic carbocycles. The molecule has 0 spiro atoms. The van der Waals surface area contributed by atoms with E-state index in [9.17, 15) is 28.8 Å². The average molecular weight is 1040 g/mol. The summed E-state index contributed by atoms with van der Waals surface area (Å²) in [5.74, 6) is -1.43. The van der Waals surface area contributed by atoms with Crippen LogP contribution in [-0.2, 0) is 35.1 Å². The second-order valence-electron chi connectivity index (χ2n) is 21.7. The van der Waals surface area contributed by atoms with E-state index in [1.54, 1.807) is 107 Å². The summed E-state index contributed by atoms with van der Waals surface area (Å²) in [7, 11) is 0. The summed E-state index contributed by atoms with van der Waals surface area (Å²) < 4.78 is 34.0. The van der Waals surface area contributed by atoms with Crippen LogP contribution in [0.1, 0.15) is 143 Å². The quantitative estimate of drug-likeness (QED) is 0.0243. The number of ether oxygens (including phenoxy) is 6. The van der Waals surface area contributed by atoms with Gasteiger partial charge in [-0.15, -0.1) is 0 Å². The Hall–Kier alpha value is -7.64. The molecule has 3 aromatic rings. The zero-order valence-corrected chi connectivity index (χ0v) is 45.4. The number of guanidine groups is 2. The lowest BCUT2D eigenvalue weighted by Crippen LogP contribution is -2.49. The molecule has 1 aliphatic rings. The van der Waals surface area contributed by atoms with E-state index in [0.29, 0.717) is 54.9 Å². The number of nitrogens with zero attached hydrogens (tertiary/aromatic N) is 2. The van der Waals surface area contributed by atoms with Gasteiger partial charge in [0, 0.05) is 37.8 Å². The van der Waals surface area contributed by atoms with Crippen molar-refractivity contribution in [2.75, 3.05) is 26.2 Å². The number of carbonyl (C=O) groups is 6. The number of unbranched alkanes of at least 4 members (excludes halogenated alkanes) is 2. The van der Waals surface area contributed by atoms with Crippen LogP contribution in [0.3, 0.4) is 0 Å². The van der Waals surface area contributed by atoms with E-state index in [1.807, 2.05) is 54.6 Å². The van der Waals surface area contributed by atoms with Crippen LogP contribution >= 0.6 is 0 Å². The average Bonchev–Trinajstić information content (AvgIpc) is 3.66. The Morgan fingerprint density at radius 1 is 0.613 bits per heavy atom. The number of hydrogen-bond donors (Lipinski definition) is 6. The van der Waals surface area contributed by atoms with Crippen molar-refractivity contribution in [3.63, 3.8) is 0 Å². The molecular weight excluding hydrogens is 965 g/mol. The second kappa shape index (κ2) is 26.5. The smallest absolute Gasteiger partial charge is 0.417 e. The molecule has 0 aliphatic carbocycles. The van der Waals surface area contributed by atoms with Crippen LogP contribution in [0.25, 0.3) is 6.08 Å². The van der Waals surface area contributed by atoms with Gasteiger partial charge in [0.2, 0.25) is 23.7 Å². The highest BCUT2D eigenvalue weighted by Gasteiger charge is 2.41. The van der Waals surface area contributed by atoms with Gasteiger partial charge in [-0.05, 0) is 156 Å². The van der Waals surface area contributed by atoms with Gasteiger partial charge in [0.15, 0.2) is 0 Å². The summed E-state index contributed by atoms with van der Waals surface area (Å²) in [6, 6.07) is 22.5. The van der Waals surface area contributed by atoms with Gasteiger partial charge in [-0.3, -0.25) is 31.0 Å². The molecule has 20 heteroatoms. The van der Waals surface area contributed by atoms with Crippen molar-refractivity contribution in [2.24, 2.45) is 0 Å². The zero-order valence-electron chi connectivity index (χ0n) is 45.4. The fourth-order valence-electron chi connectivity index (χ4n) is 7.13. The number of carbonyl (C=O) groups excluding carboxylic acids is 6. The number of fused-ring (bicyclic) bond motifs is 1. The van der Waals surface area contributed by atoms with Crippen molar-refractivity contribution < 1.29 is 57.2 Å². The predicted octanol–water partition coefficient (Wildman–Crippen LogP) is 9.68. The molecule has 0 aromatic heterocycles. The van der Waals surface area contributed by atoms with Crippen LogP contribution in [0.5, 0.6) is 11.5 Å². The minimum atomic E-state index is -0.899. The molecule has 0 saturated carbocycles. The van der Waals surface area contributed by atoms with E-state index < -0.39 is 76.6 Å². The van der Waals surface area contributed by atoms with Gasteiger partial charge in [-0.2, -0.15) is 0 Å². The monoisotopic (exact) mass is 1040 g/mol. The van der Waals surface area contributed by atoms with Gasteiger partial charge >= 0.3 is 24.4 Å². The van der Waals surface area contributed by atoms with Gasteiger partial charge in [0.05, 0.1) is 0 Å². The van der Waals surface area contributed by atoms with E-state index in [4.69, 9.17) is 39.2 Å². The van der Waals surface area contributed by atoms with Gasteiger partial charge in [0.25, 0.3) is 0 Å². The first-order valence-electron chi connectivity index (χ1n) is 25.0. The Labute approximate surface area is 440 Å². The van der Waals surface area contributed by atoms with Crippen LogP contribution in [0.2, 0.25) is 0 Å². The SMILES string of the molecule is CC(C)(C)OC(=O)NC(=N)N(CCCCNC(=O)/C=C/c1ccc2c(c1)[C@H](C(=O)NCCCCN(C(=N)NC(=O)OC(C)(C)C)C(=O)OC(C)(C)C)[C@H](c1ccc(OCc3ccccc3)cc1)O2)C(=O)OC(C)(C)C. The Morgan fingerprint density at radius 2 is 1.11 bits per heavy atom. The molecule has 408 valence electrons. The fraction of sp³-hybridized carbons (Fsp3) is 0.491. The summed E-state index contributed by atoms with van der Waals surface area (Å²) in [4.78, 5) is 80.3. The molecule has 1 heterocycles. The lowest BCUT2D eigenvalue weighted by molar-refractivity contribution is -0.124. The van der Waals surface area contributed by atoms with Crippen LogP contribution in [0.15, 0.2) is 78.9 Å². The van der Waals surface area contributed by atoms with Gasteiger partial charge in [-0.25, -0.2) is 29.0 Å². The molecule has 0 radical (unpaired) electrons. The van der Waals surface area contributed by atoms with Crippen molar-refractivity contribution in [2.45, 2.75) is 150 Å². The summed E-state index contributed by atoms with van der Waals surface area (Å²) in [5.41, 5.74) is -0.419. The number of amides is 6. The van der Waals surface area contributed by atoms with Gasteiger partial charge in [-0.1, -0.05) is 48.5 Å². The normalized spacial score (nSPS) is 14.3. The molecular formula is C55H76N8O12. The van der Waals surface area contributed by atoms with Crippen molar-refractivity contribution in [1.29, 1.82) is 10.8 Å². The first-order chi connectivity index (χ1) is 35.0. The van der Waals surface area contributed by atoms with E-state index >= 15 is 0 Å². The molecule has 2 atom stereocenters. The number of hydrogen-bond acceptors (Lipinski definition) is 14. The minimum absolute atomic E-state index is 0.00719. The Morgan fingerprint density at radius 3 is 1.60 bits per heavy atom. The van der Waals surface area contributed by atoms with Gasteiger partial charge in [0.1, 0.15) is 52.5 Å². The molecule has 20 nitrogen and oxygen atoms in total. The highest BCUT2D eigenvalue weighted by Crippen LogP contribution is 2.47. The van der Waals surface area contributed by atoms with Crippen LogP contribution in [0.4, 0.5) is 19.2 Å². The molecule has 1 aliphatic heterocycles. The van der Waals surface area contributed by atoms with E-state index in [0.717, 1.165) is 20.9 Å². The maximum atomic E-state index is 14.3. The zero-order chi connectivity index (χ0) is 55.7. The summed E-state index contributed by atoms with van der Waals surface area (Å²) >= 11 is 0. The Kier molecular flexibility index (Phi) is 21.2. The molecule has 0 fully saturated rings. The molecule has 6 amide bonds. The number of alkyl carbamates (subject to hydrolysis) is 2. The van der Waals surface area contributed by atoms with Crippen molar-refractivity contribution in [1.82, 2.24) is 31.1 Å². The Balaban J connectivity index is 1.44. The molecule has 0 saturated heterocycles. The highest BCUT2D eigenvalue weighted by atomic mass is 16.6. The molecule has 0 unspecified atom stereocenters. The third-order valence-corrected chi connectivity index (χ3v) is 10.3. The Bertz CT molecular complexity index is 2510. The van der Waals surface area contributed by atoms with Gasteiger partial charge < -0.3 is 39.1 Å². The standard InChI is InChI=1S/C55H76N8O12/c1-52(2,3)72-48(66)60-46(56)62(50(68)74-54(7,8)9)32-18-16-30-58-42(64)29-23-36-22-28-41-40(34-36)43(44(71-41)38-24-26-39(27-25-38)70-35-37-20-14-13-15-21-37)45(65)59-31-17-19-33-63(51(69)75-55(10,11)12)47(57)61-49(67)73-53(4,5)6/h13-15,20-29,34,43-44H,16-19,30-33,35H2,1-12H3,(H,58,64)(H,59,65)(H2,56,60,66)(H2,57,61,67)/b29-23+/t43-,44-/m0/s1. The van der Waals surface area contributed by atoms with Crippen molar-refractivity contribution in [3.05, 3.63) is 101 Å². The predicted molar refractivity (Wildman–Crippen MR) is 283 cm³/mol. The van der Waals surface area contributed by atoms with Crippen molar-refractivity contribution in [3.8, 4) is 11.5 Å². The lowest BCUT2D eigenvalue weighted by Gasteiger charge is -2.28. The lowest BCUT2D eigenvalue weighted by atomic mass is 9.89. The summed E-state index contributed by atoms with van der Waals surface area (Å²) in [5, 5.41) is 27.3. The van der Waals surface area contributed by atoms with Crippen LogP contribution in [-0.4, -0.2) is 106 Å². The van der Waals surface area contributed by atoms with E-state index in [-0.39, 0.29) is 32.1 Å². The van der Waals surface area contributed by atoms with Crippen LogP contribution in [0, 0.1) is 10.8 Å².